The van der Waals surface area contributed by atoms with Crippen molar-refractivity contribution in [2.24, 2.45) is 11.8 Å². The number of hydrogen-bond donors (Lipinski definition) is 4. The van der Waals surface area contributed by atoms with E-state index < -0.39 is 59.7 Å². The molecule has 5 aliphatic rings. The Kier molecular flexibility index (Phi) is 13.0. The maximum atomic E-state index is 14.3. The number of amides is 6. The standard InChI is InChI=1S/C40H58N6O8/c1-3-53-37(50)40-23-29(40)18-10-5-4-6-11-19-31(34(47)43-33(36(49)41-2)27-15-8-7-9-16-27)42-35(48)32-22-30(25-46(32)38(51)44-40)54-39(52)45-21-20-26-14-12-13-17-28(26)24-45/h12-14,17,27,29-33H,3-11,15-16,18-25H2,1-2H3,(H,41,49)(H,42,48)(H,43,47)(H,44,51)/t29?,30-,31-,32+,33-,40?/m0/s1. The smallest absolute Gasteiger partial charge is 0.410 e. The molecule has 14 heteroatoms. The number of ether oxygens (including phenoxy) is 2. The fourth-order valence-corrected chi connectivity index (χ4v) is 8.96. The third-order valence-corrected chi connectivity index (χ3v) is 12.2. The quantitative estimate of drug-likeness (QED) is 0.305. The first-order chi connectivity index (χ1) is 26.1. The predicted octanol–water partition coefficient (Wildman–Crippen LogP) is 3.70. The Morgan fingerprint density at radius 2 is 1.63 bits per heavy atom. The summed E-state index contributed by atoms with van der Waals surface area (Å²) in [4.78, 5) is 85.1. The van der Waals surface area contributed by atoms with Gasteiger partial charge < -0.3 is 40.5 Å². The molecule has 2 saturated carbocycles. The molecule has 0 spiro atoms. The Balaban J connectivity index is 1.22. The molecule has 6 atom stereocenters. The van der Waals surface area contributed by atoms with E-state index in [9.17, 15) is 28.8 Å². The Hall–Kier alpha value is -4.36. The summed E-state index contributed by atoms with van der Waals surface area (Å²) in [7, 11) is 1.56. The summed E-state index contributed by atoms with van der Waals surface area (Å²) >= 11 is 0. The van der Waals surface area contributed by atoms with Crippen molar-refractivity contribution < 1.29 is 38.2 Å². The number of benzene rings is 1. The fraction of sp³-hybridized carbons (Fsp3) is 0.700. The zero-order valence-corrected chi connectivity index (χ0v) is 31.9. The highest BCUT2D eigenvalue weighted by atomic mass is 16.6. The van der Waals surface area contributed by atoms with E-state index in [0.29, 0.717) is 38.8 Å². The molecule has 296 valence electrons. The largest absolute Gasteiger partial charge is 0.464 e. The number of nitrogens with one attached hydrogen (secondary N) is 4. The SMILES string of the molecule is CCOC(=O)C12CC1CCCCCCC[C@@H](C(=O)N[C@H](C(=O)NC)C1CCCCC1)NC(=O)[C@H]1C[C@H](OC(=O)N3CCc4ccccc4C3)CN1C(=O)N2. The van der Waals surface area contributed by atoms with Crippen LogP contribution in [0.4, 0.5) is 9.59 Å². The van der Waals surface area contributed by atoms with Crippen LogP contribution in [0, 0.1) is 11.8 Å². The molecule has 2 saturated heterocycles. The first kappa shape index (κ1) is 39.3. The van der Waals surface area contributed by atoms with E-state index in [2.05, 4.69) is 27.3 Å². The summed E-state index contributed by atoms with van der Waals surface area (Å²) in [5.41, 5.74) is 1.05. The van der Waals surface area contributed by atoms with E-state index >= 15 is 0 Å². The van der Waals surface area contributed by atoms with Crippen LogP contribution in [0.2, 0.25) is 0 Å². The van der Waals surface area contributed by atoms with Gasteiger partial charge in [-0.3, -0.25) is 14.4 Å². The fourth-order valence-electron chi connectivity index (χ4n) is 8.96. The highest BCUT2D eigenvalue weighted by Gasteiger charge is 2.62. The second-order valence-corrected chi connectivity index (χ2v) is 15.8. The van der Waals surface area contributed by atoms with Gasteiger partial charge in [-0.2, -0.15) is 0 Å². The van der Waals surface area contributed by atoms with Gasteiger partial charge in [-0.25, -0.2) is 14.4 Å². The van der Waals surface area contributed by atoms with Crippen molar-refractivity contribution in [1.29, 1.82) is 0 Å². The molecule has 1 aromatic rings. The summed E-state index contributed by atoms with van der Waals surface area (Å²) < 4.78 is 11.4. The van der Waals surface area contributed by atoms with E-state index in [1.807, 2.05) is 18.2 Å². The van der Waals surface area contributed by atoms with Crippen LogP contribution in [0.1, 0.15) is 108 Å². The Labute approximate surface area is 318 Å². The highest BCUT2D eigenvalue weighted by Crippen LogP contribution is 2.48. The number of likely N-dealkylation sites (N-methyl/N-ethyl adjacent to an activating group) is 1. The number of carbonyl (C=O) groups excluding carboxylic acids is 6. The van der Waals surface area contributed by atoms with Crippen molar-refractivity contribution in [3.05, 3.63) is 35.4 Å². The van der Waals surface area contributed by atoms with Crippen molar-refractivity contribution in [1.82, 2.24) is 31.1 Å². The molecule has 4 N–H and O–H groups in total. The van der Waals surface area contributed by atoms with Crippen molar-refractivity contribution in [3.8, 4) is 0 Å². The number of urea groups is 1. The summed E-state index contributed by atoms with van der Waals surface area (Å²) in [6.07, 6.45) is 9.93. The second-order valence-electron chi connectivity index (χ2n) is 15.8. The summed E-state index contributed by atoms with van der Waals surface area (Å²) in [6, 6.07) is 4.58. The van der Waals surface area contributed by atoms with Gasteiger partial charge in [0.05, 0.1) is 13.2 Å². The van der Waals surface area contributed by atoms with Gasteiger partial charge in [0.15, 0.2) is 0 Å². The van der Waals surface area contributed by atoms with E-state index in [-0.39, 0.29) is 37.3 Å². The number of fused-ring (bicyclic) bond motifs is 3. The minimum atomic E-state index is -1.18. The molecule has 2 aliphatic carbocycles. The third kappa shape index (κ3) is 9.11. The lowest BCUT2D eigenvalue weighted by Gasteiger charge is -2.32. The minimum Gasteiger partial charge on any atom is -0.464 e. The molecule has 3 aliphatic heterocycles. The average molecular weight is 751 g/mol. The van der Waals surface area contributed by atoms with Crippen LogP contribution in [-0.2, 0) is 41.6 Å². The molecular formula is C40H58N6O8. The maximum Gasteiger partial charge on any atom is 0.410 e. The van der Waals surface area contributed by atoms with E-state index in [1.165, 1.54) is 10.5 Å². The van der Waals surface area contributed by atoms with E-state index in [1.54, 1.807) is 18.9 Å². The van der Waals surface area contributed by atoms with Gasteiger partial charge in [-0.1, -0.05) is 75.6 Å². The number of rotatable bonds is 7. The summed E-state index contributed by atoms with van der Waals surface area (Å²) in [6.45, 7) is 2.70. The van der Waals surface area contributed by atoms with E-state index in [4.69, 9.17) is 9.47 Å². The molecule has 6 rings (SSSR count). The van der Waals surface area contributed by atoms with Crippen molar-refractivity contribution in [2.45, 2.75) is 140 Å². The lowest BCUT2D eigenvalue weighted by molar-refractivity contribution is -0.147. The van der Waals surface area contributed by atoms with Crippen LogP contribution in [0.3, 0.4) is 0 Å². The molecule has 1 aromatic carbocycles. The Morgan fingerprint density at radius 1 is 0.944 bits per heavy atom. The van der Waals surface area contributed by atoms with Crippen molar-refractivity contribution in [2.75, 3.05) is 26.7 Å². The molecule has 3 heterocycles. The predicted molar refractivity (Wildman–Crippen MR) is 199 cm³/mol. The van der Waals surface area contributed by atoms with Gasteiger partial charge in [-0.15, -0.1) is 0 Å². The lowest BCUT2D eigenvalue weighted by Crippen LogP contribution is -2.59. The molecule has 4 fully saturated rings. The maximum absolute atomic E-state index is 14.3. The molecule has 14 nitrogen and oxygen atoms in total. The Morgan fingerprint density at radius 3 is 2.37 bits per heavy atom. The van der Waals surface area contributed by atoms with Crippen LogP contribution in [-0.4, -0.2) is 102 Å². The molecular weight excluding hydrogens is 692 g/mol. The van der Waals surface area contributed by atoms with Crippen LogP contribution in [0.5, 0.6) is 0 Å². The molecule has 0 aromatic heterocycles. The van der Waals surface area contributed by atoms with E-state index in [0.717, 1.165) is 69.8 Å². The van der Waals surface area contributed by atoms with Crippen LogP contribution in [0.25, 0.3) is 0 Å². The van der Waals surface area contributed by atoms with Crippen LogP contribution >= 0.6 is 0 Å². The first-order valence-electron chi connectivity index (χ1n) is 20.2. The first-order valence-corrected chi connectivity index (χ1v) is 20.2. The van der Waals surface area contributed by atoms with Gasteiger partial charge >= 0.3 is 18.1 Å². The monoisotopic (exact) mass is 750 g/mol. The average Bonchev–Trinajstić information content (AvgIpc) is 3.71. The number of carbonyl (C=O) groups is 6. The van der Waals surface area contributed by atoms with Crippen LogP contribution in [0.15, 0.2) is 24.3 Å². The Bertz CT molecular complexity index is 1550. The number of esters is 1. The van der Waals surface area contributed by atoms with Crippen molar-refractivity contribution >= 4 is 35.8 Å². The highest BCUT2D eigenvalue weighted by molar-refractivity contribution is 5.96. The molecule has 2 unspecified atom stereocenters. The minimum absolute atomic E-state index is 0.000334. The number of hydrogen-bond acceptors (Lipinski definition) is 8. The normalized spacial score (nSPS) is 28.6. The molecule has 0 bridgehead atoms. The second kappa shape index (κ2) is 17.9. The number of nitrogens with zero attached hydrogens (tertiary/aromatic N) is 2. The molecule has 54 heavy (non-hydrogen) atoms. The van der Waals surface area contributed by atoms with Gasteiger partial charge in [0.25, 0.3) is 0 Å². The molecule has 6 amide bonds. The zero-order valence-electron chi connectivity index (χ0n) is 31.9. The van der Waals surface area contributed by atoms with Gasteiger partial charge in [0.2, 0.25) is 17.7 Å². The lowest BCUT2D eigenvalue weighted by atomic mass is 9.83. The summed E-state index contributed by atoms with van der Waals surface area (Å²) in [5.74, 6) is -1.82. The topological polar surface area (TPSA) is 175 Å². The summed E-state index contributed by atoms with van der Waals surface area (Å²) in [5, 5.41) is 11.6. The van der Waals surface area contributed by atoms with Gasteiger partial charge in [0, 0.05) is 26.6 Å². The molecule has 0 radical (unpaired) electrons. The van der Waals surface area contributed by atoms with Gasteiger partial charge in [-0.05, 0) is 68.4 Å². The van der Waals surface area contributed by atoms with Gasteiger partial charge in [0.1, 0.15) is 29.8 Å². The third-order valence-electron chi connectivity index (χ3n) is 12.2. The van der Waals surface area contributed by atoms with Crippen molar-refractivity contribution in [3.63, 3.8) is 0 Å². The zero-order chi connectivity index (χ0) is 38.2. The van der Waals surface area contributed by atoms with Crippen LogP contribution < -0.4 is 21.3 Å².